The number of nitrogens with one attached hydrogen (secondary N) is 1. The summed E-state index contributed by atoms with van der Waals surface area (Å²) < 4.78 is 5.21. The highest BCUT2D eigenvalue weighted by atomic mass is 16.6. The van der Waals surface area contributed by atoms with E-state index >= 15 is 0 Å². The standard InChI is InChI=1S/C12H15N3O.C9H17NO2/c1-9-4-5-10(15-8-16)7-11(9)12(14)3-2-6-13;1-9(2,3)12-8(11)10-6-4-5-7-10/h2-8H,13-14H2,1H3,(H,15,16);4-7H2,1-3H3/b6-2-,12-3-;. The molecule has 0 aliphatic carbocycles. The minimum absolute atomic E-state index is 0.167. The van der Waals surface area contributed by atoms with Gasteiger partial charge in [-0.05, 0) is 76.6 Å². The molecule has 2 amide bonds. The molecule has 0 saturated carbocycles. The predicted molar refractivity (Wildman–Crippen MR) is 113 cm³/mol. The van der Waals surface area contributed by atoms with Crippen molar-refractivity contribution in [3.05, 3.63) is 47.7 Å². The van der Waals surface area contributed by atoms with Gasteiger partial charge in [0, 0.05) is 30.0 Å². The number of likely N-dealkylation sites (tertiary alicyclic amines) is 1. The van der Waals surface area contributed by atoms with Gasteiger partial charge in [-0.25, -0.2) is 4.79 Å². The summed E-state index contributed by atoms with van der Waals surface area (Å²) >= 11 is 0. The molecule has 154 valence electrons. The Kier molecular flexibility index (Phi) is 9.08. The molecule has 0 spiro atoms. The second kappa shape index (κ2) is 11.0. The van der Waals surface area contributed by atoms with Gasteiger partial charge in [-0.1, -0.05) is 6.07 Å². The number of hydrogen-bond acceptors (Lipinski definition) is 5. The van der Waals surface area contributed by atoms with Crippen LogP contribution in [0.3, 0.4) is 0 Å². The maximum Gasteiger partial charge on any atom is 0.410 e. The Balaban J connectivity index is 0.000000292. The minimum Gasteiger partial charge on any atom is -0.444 e. The zero-order valence-corrected chi connectivity index (χ0v) is 17.2. The molecule has 1 fully saturated rings. The molecule has 1 aliphatic heterocycles. The van der Waals surface area contributed by atoms with E-state index < -0.39 is 0 Å². The number of rotatable bonds is 4. The lowest BCUT2D eigenvalue weighted by atomic mass is 10.0. The fraction of sp³-hybridized carbons (Fsp3) is 0.429. The number of allylic oxidation sites excluding steroid dienone is 2. The monoisotopic (exact) mass is 388 g/mol. The number of amides is 2. The van der Waals surface area contributed by atoms with E-state index in [-0.39, 0.29) is 11.7 Å². The Hall–Kier alpha value is -2.96. The van der Waals surface area contributed by atoms with E-state index in [2.05, 4.69) is 5.32 Å². The summed E-state index contributed by atoms with van der Waals surface area (Å²) in [6.07, 6.45) is 7.48. The third-order valence-electron chi connectivity index (χ3n) is 3.92. The third kappa shape index (κ3) is 8.16. The van der Waals surface area contributed by atoms with Crippen LogP contribution in [0.25, 0.3) is 5.70 Å². The van der Waals surface area contributed by atoms with Crippen LogP contribution >= 0.6 is 0 Å². The Morgan fingerprint density at radius 1 is 1.25 bits per heavy atom. The smallest absolute Gasteiger partial charge is 0.410 e. The zero-order valence-electron chi connectivity index (χ0n) is 17.2. The Morgan fingerprint density at radius 3 is 2.43 bits per heavy atom. The quantitative estimate of drug-likeness (QED) is 0.541. The molecule has 1 heterocycles. The first kappa shape index (κ1) is 23.1. The van der Waals surface area contributed by atoms with Crippen molar-refractivity contribution >= 4 is 23.9 Å². The zero-order chi connectivity index (χ0) is 21.2. The largest absolute Gasteiger partial charge is 0.444 e. The number of carbonyl (C=O) groups is 2. The molecule has 1 aliphatic rings. The molecule has 1 aromatic rings. The fourth-order valence-electron chi connectivity index (χ4n) is 2.57. The lowest BCUT2D eigenvalue weighted by Gasteiger charge is -2.23. The van der Waals surface area contributed by atoms with Gasteiger partial charge in [0.15, 0.2) is 0 Å². The first-order valence-corrected chi connectivity index (χ1v) is 9.31. The van der Waals surface area contributed by atoms with Crippen LogP contribution in [0, 0.1) is 6.92 Å². The average Bonchev–Trinajstić information content (AvgIpc) is 3.15. The molecule has 5 N–H and O–H groups in total. The fourth-order valence-corrected chi connectivity index (χ4v) is 2.57. The number of hydrogen-bond donors (Lipinski definition) is 3. The minimum atomic E-state index is -0.361. The lowest BCUT2D eigenvalue weighted by molar-refractivity contribution is -0.105. The first-order chi connectivity index (χ1) is 13.2. The molecule has 28 heavy (non-hydrogen) atoms. The van der Waals surface area contributed by atoms with Crippen molar-refractivity contribution in [3.8, 4) is 0 Å². The number of benzene rings is 1. The van der Waals surface area contributed by atoms with Gasteiger partial charge in [-0.2, -0.15) is 0 Å². The van der Waals surface area contributed by atoms with Crippen LogP contribution in [0.15, 0.2) is 36.6 Å². The molecular weight excluding hydrogens is 356 g/mol. The normalized spacial score (nSPS) is 14.4. The second-order valence-electron chi connectivity index (χ2n) is 7.47. The number of carbonyl (C=O) groups excluding carboxylic acids is 2. The molecule has 0 bridgehead atoms. The predicted octanol–water partition coefficient (Wildman–Crippen LogP) is 3.35. The summed E-state index contributed by atoms with van der Waals surface area (Å²) in [5.74, 6) is 0. The molecule has 2 rings (SSSR count). The van der Waals surface area contributed by atoms with Gasteiger partial charge in [0.2, 0.25) is 6.41 Å². The van der Waals surface area contributed by atoms with Crippen molar-refractivity contribution < 1.29 is 14.3 Å². The van der Waals surface area contributed by atoms with Crippen LogP contribution in [0.1, 0.15) is 44.7 Å². The highest BCUT2D eigenvalue weighted by molar-refractivity contribution is 5.76. The van der Waals surface area contributed by atoms with E-state index in [4.69, 9.17) is 16.2 Å². The van der Waals surface area contributed by atoms with Crippen molar-refractivity contribution in [3.63, 3.8) is 0 Å². The average molecular weight is 389 g/mol. The molecule has 1 aromatic carbocycles. The molecule has 1 saturated heterocycles. The number of aryl methyl sites for hydroxylation is 1. The number of nitrogens with zero attached hydrogens (tertiary/aromatic N) is 1. The second-order valence-corrected chi connectivity index (χ2v) is 7.47. The summed E-state index contributed by atoms with van der Waals surface area (Å²) in [5.41, 5.74) is 14.0. The van der Waals surface area contributed by atoms with Crippen molar-refractivity contribution in [2.75, 3.05) is 18.4 Å². The van der Waals surface area contributed by atoms with Crippen molar-refractivity contribution in [1.29, 1.82) is 0 Å². The third-order valence-corrected chi connectivity index (χ3v) is 3.92. The van der Waals surface area contributed by atoms with E-state index in [1.807, 2.05) is 45.9 Å². The van der Waals surface area contributed by atoms with Crippen molar-refractivity contribution in [2.24, 2.45) is 11.5 Å². The van der Waals surface area contributed by atoms with Crippen molar-refractivity contribution in [2.45, 2.75) is 46.1 Å². The van der Waals surface area contributed by atoms with E-state index in [9.17, 15) is 9.59 Å². The Morgan fingerprint density at radius 2 is 1.89 bits per heavy atom. The summed E-state index contributed by atoms with van der Waals surface area (Å²) in [7, 11) is 0. The maximum absolute atomic E-state index is 11.4. The summed E-state index contributed by atoms with van der Waals surface area (Å²) in [6, 6.07) is 5.53. The molecule has 0 aromatic heterocycles. The molecule has 7 nitrogen and oxygen atoms in total. The topological polar surface area (TPSA) is 111 Å². The maximum atomic E-state index is 11.4. The highest BCUT2D eigenvalue weighted by Crippen LogP contribution is 2.19. The summed E-state index contributed by atoms with van der Waals surface area (Å²) in [4.78, 5) is 23.5. The number of nitrogens with two attached hydrogens (primary N) is 2. The Labute approximate surface area is 167 Å². The van der Waals surface area contributed by atoms with Gasteiger partial charge in [0.05, 0.1) is 0 Å². The van der Waals surface area contributed by atoms with E-state index in [0.717, 1.165) is 37.1 Å². The van der Waals surface area contributed by atoms with Crippen LogP contribution in [0.2, 0.25) is 0 Å². The van der Waals surface area contributed by atoms with Crippen molar-refractivity contribution in [1.82, 2.24) is 4.90 Å². The van der Waals surface area contributed by atoms with Gasteiger partial charge >= 0.3 is 6.09 Å². The molecule has 0 radical (unpaired) electrons. The highest BCUT2D eigenvalue weighted by Gasteiger charge is 2.23. The van der Waals surface area contributed by atoms with E-state index in [0.29, 0.717) is 17.8 Å². The van der Waals surface area contributed by atoms with Gasteiger partial charge in [0.25, 0.3) is 0 Å². The number of ether oxygens (including phenoxy) is 1. The van der Waals surface area contributed by atoms with Gasteiger partial charge in [0.1, 0.15) is 5.60 Å². The van der Waals surface area contributed by atoms with Crippen LogP contribution in [0.4, 0.5) is 10.5 Å². The molecular formula is C21H32N4O3. The summed E-state index contributed by atoms with van der Waals surface area (Å²) in [5, 5.41) is 2.58. The molecule has 0 unspecified atom stereocenters. The molecule has 0 atom stereocenters. The van der Waals surface area contributed by atoms with Crippen LogP contribution in [-0.4, -0.2) is 36.1 Å². The lowest BCUT2D eigenvalue weighted by Crippen LogP contribution is -2.34. The first-order valence-electron chi connectivity index (χ1n) is 9.31. The van der Waals surface area contributed by atoms with Crippen LogP contribution < -0.4 is 16.8 Å². The van der Waals surface area contributed by atoms with Crippen LogP contribution in [-0.2, 0) is 9.53 Å². The van der Waals surface area contributed by atoms with E-state index in [1.165, 1.54) is 6.20 Å². The number of anilines is 1. The Bertz CT molecular complexity index is 715. The van der Waals surface area contributed by atoms with E-state index in [1.54, 1.807) is 17.1 Å². The van der Waals surface area contributed by atoms with Gasteiger partial charge < -0.3 is 26.4 Å². The van der Waals surface area contributed by atoms with Gasteiger partial charge in [-0.3, -0.25) is 4.79 Å². The SMILES string of the molecule is CC(C)(C)OC(=O)N1CCCC1.Cc1ccc(NC=O)cc1/C(N)=C/C=C\N. The summed E-state index contributed by atoms with van der Waals surface area (Å²) in [6.45, 7) is 9.33. The van der Waals surface area contributed by atoms with Crippen LogP contribution in [0.5, 0.6) is 0 Å². The molecule has 7 heteroatoms. The van der Waals surface area contributed by atoms with Gasteiger partial charge in [-0.15, -0.1) is 0 Å².